The summed E-state index contributed by atoms with van der Waals surface area (Å²) in [4.78, 5) is 7.80. The van der Waals surface area contributed by atoms with Crippen LogP contribution in [0, 0.1) is 0 Å². The Bertz CT molecular complexity index is 560. The van der Waals surface area contributed by atoms with Gasteiger partial charge in [0.15, 0.2) is 0 Å². The number of hydrogen-bond acceptors (Lipinski definition) is 5. The molecule has 0 aliphatic carbocycles. The normalized spacial score (nSPS) is 11.7. The summed E-state index contributed by atoms with van der Waals surface area (Å²) in [5.74, 6) is 0. The highest BCUT2D eigenvalue weighted by atomic mass is 32.2. The SMILES string of the molecule is CS(=O)(=O)OC(c1ccncc1)c1ccncc1. The lowest BCUT2D eigenvalue weighted by molar-refractivity contribution is 0.256. The molecule has 0 aliphatic rings. The lowest BCUT2D eigenvalue weighted by Gasteiger charge is -2.16. The van der Waals surface area contributed by atoms with Crippen LogP contribution in [0.1, 0.15) is 17.2 Å². The molecule has 5 nitrogen and oxygen atoms in total. The summed E-state index contributed by atoms with van der Waals surface area (Å²) < 4.78 is 27.8. The molecule has 2 aromatic heterocycles. The van der Waals surface area contributed by atoms with Crippen LogP contribution in [0.25, 0.3) is 0 Å². The fraction of sp³-hybridized carbons (Fsp3) is 0.167. The minimum absolute atomic E-state index is 0.675. The molecule has 2 aromatic rings. The average molecular weight is 264 g/mol. The second kappa shape index (κ2) is 5.24. The van der Waals surface area contributed by atoms with E-state index >= 15 is 0 Å². The van der Waals surface area contributed by atoms with Gasteiger partial charge in [-0.1, -0.05) is 0 Å². The molecule has 0 bridgehead atoms. The van der Waals surface area contributed by atoms with Crippen molar-refractivity contribution in [3.8, 4) is 0 Å². The molecule has 6 heteroatoms. The Morgan fingerprint density at radius 2 is 1.33 bits per heavy atom. The van der Waals surface area contributed by atoms with Gasteiger partial charge in [-0.25, -0.2) is 0 Å². The Balaban J connectivity index is 2.42. The van der Waals surface area contributed by atoms with Gasteiger partial charge in [0.05, 0.1) is 6.26 Å². The van der Waals surface area contributed by atoms with Crippen molar-refractivity contribution in [2.75, 3.05) is 6.26 Å². The van der Waals surface area contributed by atoms with Crippen molar-refractivity contribution in [1.29, 1.82) is 0 Å². The van der Waals surface area contributed by atoms with E-state index in [0.717, 1.165) is 17.4 Å². The minimum atomic E-state index is -3.56. The summed E-state index contributed by atoms with van der Waals surface area (Å²) in [6, 6.07) is 6.87. The number of rotatable bonds is 4. The maximum Gasteiger partial charge on any atom is 0.265 e. The fourth-order valence-corrected chi connectivity index (χ4v) is 2.13. The highest BCUT2D eigenvalue weighted by Gasteiger charge is 2.19. The van der Waals surface area contributed by atoms with E-state index in [1.54, 1.807) is 49.1 Å². The van der Waals surface area contributed by atoms with Crippen LogP contribution in [0.15, 0.2) is 49.1 Å². The Morgan fingerprint density at radius 1 is 0.944 bits per heavy atom. The molecular weight excluding hydrogens is 252 g/mol. The number of pyridine rings is 2. The molecule has 2 heterocycles. The number of nitrogens with zero attached hydrogens (tertiary/aromatic N) is 2. The molecule has 0 unspecified atom stereocenters. The maximum atomic E-state index is 11.3. The third kappa shape index (κ3) is 3.35. The van der Waals surface area contributed by atoms with E-state index in [-0.39, 0.29) is 0 Å². The van der Waals surface area contributed by atoms with Gasteiger partial charge < -0.3 is 0 Å². The van der Waals surface area contributed by atoms with E-state index in [1.165, 1.54) is 0 Å². The van der Waals surface area contributed by atoms with Gasteiger partial charge in [0, 0.05) is 24.8 Å². The predicted octanol–water partition coefficient (Wildman–Crippen LogP) is 1.54. The summed E-state index contributed by atoms with van der Waals surface area (Å²) in [6.07, 6.45) is 6.72. The van der Waals surface area contributed by atoms with Gasteiger partial charge in [0.1, 0.15) is 6.10 Å². The van der Waals surface area contributed by atoms with Crippen LogP contribution in [-0.2, 0) is 14.3 Å². The predicted molar refractivity (Wildman–Crippen MR) is 66.2 cm³/mol. The molecule has 2 rings (SSSR count). The van der Waals surface area contributed by atoms with Gasteiger partial charge in [-0.3, -0.25) is 14.2 Å². The molecule has 0 fully saturated rings. The first kappa shape index (κ1) is 12.7. The monoisotopic (exact) mass is 264 g/mol. The van der Waals surface area contributed by atoms with Crippen molar-refractivity contribution < 1.29 is 12.6 Å². The first-order chi connectivity index (χ1) is 8.56. The zero-order chi connectivity index (χ0) is 13.0. The van der Waals surface area contributed by atoms with Crippen LogP contribution in [0.5, 0.6) is 0 Å². The van der Waals surface area contributed by atoms with Crippen molar-refractivity contribution >= 4 is 10.1 Å². The molecule has 0 N–H and O–H groups in total. The molecule has 0 atom stereocenters. The van der Waals surface area contributed by atoms with E-state index in [4.69, 9.17) is 4.18 Å². The summed E-state index contributed by atoms with van der Waals surface area (Å²) in [7, 11) is -3.56. The van der Waals surface area contributed by atoms with Crippen LogP contribution in [0.2, 0.25) is 0 Å². The highest BCUT2D eigenvalue weighted by molar-refractivity contribution is 7.86. The molecule has 94 valence electrons. The summed E-state index contributed by atoms with van der Waals surface area (Å²) in [5, 5.41) is 0. The van der Waals surface area contributed by atoms with E-state index in [2.05, 4.69) is 9.97 Å². The third-order valence-electron chi connectivity index (χ3n) is 2.29. The Kier molecular flexibility index (Phi) is 3.69. The van der Waals surface area contributed by atoms with Gasteiger partial charge >= 0.3 is 0 Å². The standard InChI is InChI=1S/C12H12N2O3S/c1-18(15,16)17-12(10-2-6-13-7-3-10)11-4-8-14-9-5-11/h2-9,12H,1H3. The number of aromatic nitrogens is 2. The molecule has 0 aliphatic heterocycles. The molecule has 0 amide bonds. The van der Waals surface area contributed by atoms with Gasteiger partial charge in [-0.05, 0) is 35.4 Å². The first-order valence-corrected chi connectivity index (χ1v) is 7.06. The van der Waals surface area contributed by atoms with Crippen LogP contribution in [-0.4, -0.2) is 24.6 Å². The molecular formula is C12H12N2O3S. The van der Waals surface area contributed by atoms with Crippen LogP contribution >= 0.6 is 0 Å². The van der Waals surface area contributed by atoms with Crippen molar-refractivity contribution in [1.82, 2.24) is 9.97 Å². The summed E-state index contributed by atoms with van der Waals surface area (Å²) in [6.45, 7) is 0. The third-order valence-corrected chi connectivity index (χ3v) is 2.83. The smallest absolute Gasteiger partial charge is 0.265 e. The van der Waals surface area contributed by atoms with Crippen LogP contribution in [0.3, 0.4) is 0 Å². The topological polar surface area (TPSA) is 69.2 Å². The quantitative estimate of drug-likeness (QED) is 0.783. The summed E-state index contributed by atoms with van der Waals surface area (Å²) >= 11 is 0. The van der Waals surface area contributed by atoms with Gasteiger partial charge in [-0.2, -0.15) is 8.42 Å². The van der Waals surface area contributed by atoms with Crippen molar-refractivity contribution in [3.05, 3.63) is 60.2 Å². The lowest BCUT2D eigenvalue weighted by Crippen LogP contribution is -2.12. The zero-order valence-electron chi connectivity index (χ0n) is 9.72. The maximum absolute atomic E-state index is 11.3. The second-order valence-corrected chi connectivity index (χ2v) is 5.34. The van der Waals surface area contributed by atoms with E-state index in [1.807, 2.05) is 0 Å². The summed E-state index contributed by atoms with van der Waals surface area (Å²) in [5.41, 5.74) is 1.45. The van der Waals surface area contributed by atoms with Crippen molar-refractivity contribution in [2.45, 2.75) is 6.10 Å². The van der Waals surface area contributed by atoms with Gasteiger partial charge in [0.25, 0.3) is 10.1 Å². The average Bonchev–Trinajstić information content (AvgIpc) is 2.37. The van der Waals surface area contributed by atoms with Crippen LogP contribution < -0.4 is 0 Å². The highest BCUT2D eigenvalue weighted by Crippen LogP contribution is 2.26. The zero-order valence-corrected chi connectivity index (χ0v) is 10.5. The largest absolute Gasteiger partial charge is 0.265 e. The van der Waals surface area contributed by atoms with E-state index in [0.29, 0.717) is 0 Å². The second-order valence-electron chi connectivity index (χ2n) is 3.74. The van der Waals surface area contributed by atoms with Gasteiger partial charge in [0.2, 0.25) is 0 Å². The first-order valence-electron chi connectivity index (χ1n) is 5.24. The molecule has 0 aromatic carbocycles. The molecule has 0 saturated carbocycles. The van der Waals surface area contributed by atoms with E-state index < -0.39 is 16.2 Å². The van der Waals surface area contributed by atoms with E-state index in [9.17, 15) is 8.42 Å². The minimum Gasteiger partial charge on any atom is -0.265 e. The lowest BCUT2D eigenvalue weighted by atomic mass is 10.0. The fourth-order valence-electron chi connectivity index (χ4n) is 1.55. The van der Waals surface area contributed by atoms with Crippen molar-refractivity contribution in [2.24, 2.45) is 0 Å². The molecule has 0 saturated heterocycles. The number of hydrogen-bond donors (Lipinski definition) is 0. The molecule has 0 radical (unpaired) electrons. The Morgan fingerprint density at radius 3 is 1.67 bits per heavy atom. The van der Waals surface area contributed by atoms with Gasteiger partial charge in [-0.15, -0.1) is 0 Å². The van der Waals surface area contributed by atoms with Crippen LogP contribution in [0.4, 0.5) is 0 Å². The Hall–Kier alpha value is -1.79. The molecule has 18 heavy (non-hydrogen) atoms. The van der Waals surface area contributed by atoms with Crippen molar-refractivity contribution in [3.63, 3.8) is 0 Å². The molecule has 0 spiro atoms. The Labute approximate surface area is 106 Å².